The van der Waals surface area contributed by atoms with E-state index < -0.39 is 6.04 Å². The molecule has 1 unspecified atom stereocenters. The molecule has 5 heteroatoms. The Morgan fingerprint density at radius 2 is 1.51 bits per heavy atom. The van der Waals surface area contributed by atoms with Crippen molar-refractivity contribution in [2.24, 2.45) is 0 Å². The fourth-order valence-electron chi connectivity index (χ4n) is 3.16. The molecule has 0 aromatic heterocycles. The molecule has 2 amide bonds. The van der Waals surface area contributed by atoms with E-state index in [0.717, 1.165) is 28.0 Å². The van der Waals surface area contributed by atoms with Gasteiger partial charge in [0, 0.05) is 17.7 Å². The Balaban J connectivity index is 2.25. The van der Waals surface area contributed by atoms with Crippen molar-refractivity contribution in [1.29, 1.82) is 0 Å². The molecule has 1 atom stereocenters. The maximum atomic E-state index is 12.2. The number of carbonyl (C=O) groups is 2. The second-order valence-corrected chi connectivity index (χ2v) is 6.81. The second-order valence-electron chi connectivity index (χ2n) is 6.81. The van der Waals surface area contributed by atoms with E-state index in [0.29, 0.717) is 12.9 Å². The van der Waals surface area contributed by atoms with Crippen molar-refractivity contribution in [2.45, 2.75) is 33.2 Å². The Labute approximate surface area is 206 Å². The number of nitrogens with one attached hydrogen (secondary N) is 2. The van der Waals surface area contributed by atoms with Gasteiger partial charge in [-0.2, -0.15) is 0 Å². The Morgan fingerprint density at radius 1 is 0.914 bits per heavy atom. The lowest BCUT2D eigenvalue weighted by atomic mass is 9.87. The second kappa shape index (κ2) is 14.6. The average Bonchev–Trinajstić information content (AvgIpc) is 2.83. The third kappa shape index (κ3) is 8.58. The summed E-state index contributed by atoms with van der Waals surface area (Å²) < 4.78 is 4.87. The van der Waals surface area contributed by atoms with Crippen LogP contribution < -0.4 is 10.6 Å². The normalized spacial score (nSPS) is 12.4. The van der Waals surface area contributed by atoms with Gasteiger partial charge in [-0.15, -0.1) is 0 Å². The Kier molecular flexibility index (Phi) is 10.8. The van der Waals surface area contributed by atoms with Gasteiger partial charge < -0.3 is 15.4 Å². The van der Waals surface area contributed by atoms with Gasteiger partial charge >= 0.3 is 6.03 Å². The predicted octanol–water partition coefficient (Wildman–Crippen LogP) is 2.58. The van der Waals surface area contributed by atoms with Gasteiger partial charge in [0.1, 0.15) is 0 Å². The predicted molar refractivity (Wildman–Crippen MR) is 134 cm³/mol. The summed E-state index contributed by atoms with van der Waals surface area (Å²) in [6.45, 7) is 6.07. The highest BCUT2D eigenvalue weighted by atomic mass is 16.5. The van der Waals surface area contributed by atoms with E-state index in [1.165, 1.54) is 0 Å². The van der Waals surface area contributed by atoms with Gasteiger partial charge in [-0.1, -0.05) is 24.0 Å². The van der Waals surface area contributed by atoms with Crippen LogP contribution in [0.15, 0.2) is 29.5 Å². The third-order valence-electron chi connectivity index (χ3n) is 4.59. The summed E-state index contributed by atoms with van der Waals surface area (Å²) in [5.74, 6) is 36.8. The first-order chi connectivity index (χ1) is 17.1. The van der Waals surface area contributed by atoms with Gasteiger partial charge in [0.2, 0.25) is 0 Å². The van der Waals surface area contributed by atoms with Gasteiger partial charge in [-0.25, -0.2) is 4.79 Å². The van der Waals surface area contributed by atoms with Crippen LogP contribution in [-0.4, -0.2) is 19.1 Å². The van der Waals surface area contributed by atoms with Crippen LogP contribution in [0.1, 0.15) is 43.0 Å². The first kappa shape index (κ1) is 25.9. The van der Waals surface area contributed by atoms with Crippen molar-refractivity contribution in [2.75, 3.05) is 6.61 Å². The number of amides is 2. The van der Waals surface area contributed by atoms with Gasteiger partial charge in [-0.05, 0) is 115 Å². The standard InChI is InChI=1S/C30H20N2O3/c1-4-5-6-7-8-9-10-11-12-13-14-15-16-19-26-20-17-18-24(2)28(26)29-27(21-22-35-23-33)25(3)31-30(34)32-29/h17-18,20,23,29H,21-22H2,1-3H3,(H2,31,32,34). The van der Waals surface area contributed by atoms with E-state index in [4.69, 9.17) is 4.74 Å². The summed E-state index contributed by atoms with van der Waals surface area (Å²) in [5.41, 5.74) is 4.18. The summed E-state index contributed by atoms with van der Waals surface area (Å²) in [5, 5.41) is 5.72. The molecule has 35 heavy (non-hydrogen) atoms. The number of rotatable bonds is 5. The number of allylic oxidation sites excluding steroid dienone is 1. The molecule has 168 valence electrons. The van der Waals surface area contributed by atoms with E-state index in [1.54, 1.807) is 6.92 Å². The highest BCUT2D eigenvalue weighted by Crippen LogP contribution is 2.32. The van der Waals surface area contributed by atoms with Crippen LogP contribution in [0.2, 0.25) is 0 Å². The summed E-state index contributed by atoms with van der Waals surface area (Å²) >= 11 is 0. The van der Waals surface area contributed by atoms with Crippen LogP contribution in [0.5, 0.6) is 0 Å². The Bertz CT molecular complexity index is 1480. The van der Waals surface area contributed by atoms with Gasteiger partial charge in [0.25, 0.3) is 6.47 Å². The van der Waals surface area contributed by atoms with Gasteiger partial charge in [-0.3, -0.25) is 4.79 Å². The molecule has 1 heterocycles. The highest BCUT2D eigenvalue weighted by molar-refractivity contribution is 5.79. The van der Waals surface area contributed by atoms with Crippen LogP contribution in [0, 0.1) is 89.8 Å². The van der Waals surface area contributed by atoms with E-state index in [1.807, 2.05) is 32.0 Å². The fourth-order valence-corrected chi connectivity index (χ4v) is 3.16. The molecule has 2 N–H and O–H groups in total. The number of ether oxygens (including phenoxy) is 1. The van der Waals surface area contributed by atoms with Crippen molar-refractivity contribution in [1.82, 2.24) is 10.6 Å². The molecule has 1 aromatic rings. The lowest BCUT2D eigenvalue weighted by Gasteiger charge is -2.31. The first-order valence-corrected chi connectivity index (χ1v) is 10.4. The topological polar surface area (TPSA) is 67.4 Å². The number of hydrogen-bond acceptors (Lipinski definition) is 3. The number of urea groups is 1. The smallest absolute Gasteiger partial charge is 0.319 e. The molecule has 0 fully saturated rings. The molecular formula is C30H20N2O3. The lowest BCUT2D eigenvalue weighted by molar-refractivity contribution is -0.128. The molecule has 1 aliphatic rings. The van der Waals surface area contributed by atoms with Crippen LogP contribution in [0.25, 0.3) is 0 Å². The van der Waals surface area contributed by atoms with Crippen molar-refractivity contribution in [3.05, 3.63) is 46.2 Å². The zero-order valence-electron chi connectivity index (χ0n) is 19.5. The summed E-state index contributed by atoms with van der Waals surface area (Å²) in [4.78, 5) is 22.7. The van der Waals surface area contributed by atoms with Crippen LogP contribution in [0.4, 0.5) is 4.79 Å². The molecule has 0 bridgehead atoms. The Hall–Kier alpha value is -5.38. The number of benzene rings is 1. The molecule has 0 saturated carbocycles. The zero-order valence-corrected chi connectivity index (χ0v) is 19.5. The van der Waals surface area contributed by atoms with Crippen LogP contribution in [0.3, 0.4) is 0 Å². The molecule has 2 rings (SSSR count). The summed E-state index contributed by atoms with van der Waals surface area (Å²) in [6, 6.07) is 4.99. The largest absolute Gasteiger partial charge is 0.468 e. The van der Waals surface area contributed by atoms with Crippen LogP contribution >= 0.6 is 0 Å². The highest BCUT2D eigenvalue weighted by Gasteiger charge is 2.28. The van der Waals surface area contributed by atoms with E-state index >= 15 is 0 Å². The number of carbonyl (C=O) groups excluding carboxylic acids is 2. The van der Waals surface area contributed by atoms with Gasteiger partial charge in [0.05, 0.1) is 12.6 Å². The minimum Gasteiger partial charge on any atom is -0.468 e. The van der Waals surface area contributed by atoms with E-state index in [9.17, 15) is 9.59 Å². The number of hydrogen-bond donors (Lipinski definition) is 2. The molecule has 0 aliphatic carbocycles. The third-order valence-corrected chi connectivity index (χ3v) is 4.59. The quantitative estimate of drug-likeness (QED) is 0.407. The molecule has 0 spiro atoms. The SMILES string of the molecule is CC#CC#CC#CC#CC#CC#CC#Cc1cccc(C)c1C1NC(=O)NC(C)=C1CCOC=O. The molecule has 0 saturated heterocycles. The summed E-state index contributed by atoms with van der Waals surface area (Å²) in [6.07, 6.45) is 0.462. The zero-order chi connectivity index (χ0) is 25.3. The molecule has 5 nitrogen and oxygen atoms in total. The van der Waals surface area contributed by atoms with Crippen molar-refractivity contribution >= 4 is 12.5 Å². The fraction of sp³-hybridized carbons (Fsp3) is 0.200. The molecule has 1 aromatic carbocycles. The van der Waals surface area contributed by atoms with Crippen molar-refractivity contribution in [3.63, 3.8) is 0 Å². The van der Waals surface area contributed by atoms with Crippen molar-refractivity contribution < 1.29 is 14.3 Å². The Morgan fingerprint density at radius 3 is 2.11 bits per heavy atom. The molecular weight excluding hydrogens is 436 g/mol. The maximum absolute atomic E-state index is 12.2. The molecule has 0 radical (unpaired) electrons. The average molecular weight is 457 g/mol. The maximum Gasteiger partial charge on any atom is 0.319 e. The lowest BCUT2D eigenvalue weighted by Crippen LogP contribution is -2.44. The summed E-state index contributed by atoms with van der Waals surface area (Å²) in [7, 11) is 0. The van der Waals surface area contributed by atoms with Crippen LogP contribution in [-0.2, 0) is 9.53 Å². The minimum absolute atomic E-state index is 0.205. The molecule has 1 aliphatic heterocycles. The monoisotopic (exact) mass is 456 g/mol. The van der Waals surface area contributed by atoms with Crippen molar-refractivity contribution in [3.8, 4) is 82.9 Å². The van der Waals surface area contributed by atoms with Gasteiger partial charge in [0.15, 0.2) is 0 Å². The number of aryl methyl sites for hydroxylation is 1. The van der Waals surface area contributed by atoms with E-state index in [2.05, 4.69) is 93.5 Å². The first-order valence-electron chi connectivity index (χ1n) is 10.4. The van der Waals surface area contributed by atoms with E-state index in [-0.39, 0.29) is 12.6 Å². The minimum atomic E-state index is -0.410.